The molecule has 2 aromatic rings. The van der Waals surface area contributed by atoms with E-state index in [9.17, 15) is 9.18 Å². The summed E-state index contributed by atoms with van der Waals surface area (Å²) in [4.78, 5) is 12.9. The van der Waals surface area contributed by atoms with Gasteiger partial charge in [-0.25, -0.2) is 4.39 Å². The van der Waals surface area contributed by atoms with Crippen LogP contribution in [0.5, 0.6) is 11.5 Å². The molecule has 2 atom stereocenters. The molecule has 4 nitrogen and oxygen atoms in total. The number of fused-ring (bicyclic) bond motifs is 1. The molecule has 5 heteroatoms. The number of ether oxygens (including phenoxy) is 2. The predicted octanol–water partition coefficient (Wildman–Crippen LogP) is 4.71. The summed E-state index contributed by atoms with van der Waals surface area (Å²) in [6, 6.07) is 11.6. The van der Waals surface area contributed by atoms with Gasteiger partial charge in [0.25, 0.3) is 5.91 Å². The molecular weight excluding hydrogens is 345 g/mol. The van der Waals surface area contributed by atoms with Crippen molar-refractivity contribution < 1.29 is 18.7 Å². The minimum Gasteiger partial charge on any atom is -0.487 e. The van der Waals surface area contributed by atoms with Crippen molar-refractivity contribution in [3.63, 3.8) is 0 Å². The second-order valence-corrected chi connectivity index (χ2v) is 7.64. The summed E-state index contributed by atoms with van der Waals surface area (Å²) < 4.78 is 24.9. The van der Waals surface area contributed by atoms with Crippen LogP contribution in [0.3, 0.4) is 0 Å². The number of hydrogen-bond donors (Lipinski definition) is 1. The van der Waals surface area contributed by atoms with Crippen molar-refractivity contribution in [1.29, 1.82) is 0 Å². The lowest BCUT2D eigenvalue weighted by atomic mass is 9.89. The zero-order valence-electron chi connectivity index (χ0n) is 16.2. The second kappa shape index (κ2) is 7.59. The Morgan fingerprint density at radius 2 is 2.00 bits per heavy atom. The predicted molar refractivity (Wildman–Crippen MR) is 102 cm³/mol. The van der Waals surface area contributed by atoms with Crippen LogP contribution in [0, 0.1) is 12.7 Å². The molecule has 2 aromatic carbocycles. The van der Waals surface area contributed by atoms with E-state index < -0.39 is 6.10 Å². The Hall–Kier alpha value is -2.56. The van der Waals surface area contributed by atoms with Crippen LogP contribution in [-0.4, -0.2) is 17.6 Å². The fraction of sp³-hybridized carbons (Fsp3) is 0.409. The fourth-order valence-electron chi connectivity index (χ4n) is 3.35. The number of halogens is 1. The lowest BCUT2D eigenvalue weighted by molar-refractivity contribution is -0.129. The Kier molecular flexibility index (Phi) is 5.40. The topological polar surface area (TPSA) is 47.6 Å². The van der Waals surface area contributed by atoms with Gasteiger partial charge in [-0.3, -0.25) is 4.79 Å². The van der Waals surface area contributed by atoms with Crippen molar-refractivity contribution >= 4 is 5.91 Å². The third kappa shape index (κ3) is 4.59. The highest BCUT2D eigenvalue weighted by molar-refractivity contribution is 5.81. The first-order chi connectivity index (χ1) is 12.8. The number of benzene rings is 2. The molecule has 1 N–H and O–H groups in total. The SMILES string of the molecule is CC[C@@H](Oc1ccc(F)cc1)C(=O)N[C@H]1CC(C)(C)Oc2cc(C)ccc21. The molecule has 1 heterocycles. The third-order valence-electron chi connectivity index (χ3n) is 4.70. The van der Waals surface area contributed by atoms with Crippen LogP contribution in [-0.2, 0) is 4.79 Å². The largest absolute Gasteiger partial charge is 0.487 e. The first-order valence-electron chi connectivity index (χ1n) is 9.29. The molecule has 144 valence electrons. The van der Waals surface area contributed by atoms with E-state index in [1.165, 1.54) is 24.3 Å². The molecular formula is C22H26FNO3. The first-order valence-corrected chi connectivity index (χ1v) is 9.29. The van der Waals surface area contributed by atoms with Crippen LogP contribution in [0.1, 0.15) is 50.8 Å². The molecule has 0 radical (unpaired) electrons. The summed E-state index contributed by atoms with van der Waals surface area (Å²) in [6.45, 7) is 7.94. The summed E-state index contributed by atoms with van der Waals surface area (Å²) in [7, 11) is 0. The molecule has 3 rings (SSSR count). The van der Waals surface area contributed by atoms with Crippen molar-refractivity contribution in [2.45, 2.75) is 58.3 Å². The van der Waals surface area contributed by atoms with Gasteiger partial charge in [-0.2, -0.15) is 0 Å². The summed E-state index contributed by atoms with van der Waals surface area (Å²) in [5, 5.41) is 3.11. The van der Waals surface area contributed by atoms with Crippen LogP contribution in [0.4, 0.5) is 4.39 Å². The maximum atomic E-state index is 13.1. The number of carbonyl (C=O) groups is 1. The molecule has 0 bridgehead atoms. The van der Waals surface area contributed by atoms with Gasteiger partial charge in [-0.05, 0) is 63.1 Å². The summed E-state index contributed by atoms with van der Waals surface area (Å²) in [5.74, 6) is 0.762. The number of carbonyl (C=O) groups excluding carboxylic acids is 1. The van der Waals surface area contributed by atoms with Crippen LogP contribution in [0.25, 0.3) is 0 Å². The minimum atomic E-state index is -0.643. The van der Waals surface area contributed by atoms with Crippen molar-refractivity contribution in [1.82, 2.24) is 5.32 Å². The van der Waals surface area contributed by atoms with Crippen molar-refractivity contribution in [3.05, 3.63) is 59.4 Å². The van der Waals surface area contributed by atoms with Crippen molar-refractivity contribution in [3.8, 4) is 11.5 Å². The zero-order valence-corrected chi connectivity index (χ0v) is 16.2. The Labute approximate surface area is 159 Å². The second-order valence-electron chi connectivity index (χ2n) is 7.64. The highest BCUT2D eigenvalue weighted by Gasteiger charge is 2.35. The van der Waals surface area contributed by atoms with E-state index in [4.69, 9.17) is 9.47 Å². The maximum absolute atomic E-state index is 13.1. The van der Waals surface area contributed by atoms with Gasteiger partial charge in [-0.1, -0.05) is 19.1 Å². The van der Waals surface area contributed by atoms with Crippen LogP contribution >= 0.6 is 0 Å². The van der Waals surface area contributed by atoms with Gasteiger partial charge in [0, 0.05) is 12.0 Å². The Balaban J connectivity index is 1.76. The lowest BCUT2D eigenvalue weighted by Crippen LogP contribution is -2.45. The quantitative estimate of drug-likeness (QED) is 0.828. The monoisotopic (exact) mass is 371 g/mol. The molecule has 1 amide bonds. The van der Waals surface area contributed by atoms with Crippen LogP contribution < -0.4 is 14.8 Å². The fourth-order valence-corrected chi connectivity index (χ4v) is 3.35. The molecule has 0 aromatic heterocycles. The van der Waals surface area contributed by atoms with Gasteiger partial charge in [0.1, 0.15) is 22.9 Å². The smallest absolute Gasteiger partial charge is 0.261 e. The van der Waals surface area contributed by atoms with Crippen LogP contribution in [0.15, 0.2) is 42.5 Å². The summed E-state index contributed by atoms with van der Waals surface area (Å²) >= 11 is 0. The zero-order chi connectivity index (χ0) is 19.6. The van der Waals surface area contributed by atoms with Gasteiger partial charge < -0.3 is 14.8 Å². The average molecular weight is 371 g/mol. The van der Waals surface area contributed by atoms with Crippen LogP contribution in [0.2, 0.25) is 0 Å². The average Bonchev–Trinajstić information content (AvgIpc) is 2.59. The van der Waals surface area contributed by atoms with E-state index in [1.54, 1.807) is 0 Å². The van der Waals surface area contributed by atoms with E-state index in [-0.39, 0.29) is 23.4 Å². The number of hydrogen-bond acceptors (Lipinski definition) is 3. The molecule has 1 aliphatic rings. The molecule has 1 aliphatic heterocycles. The van der Waals surface area contributed by atoms with E-state index >= 15 is 0 Å². The summed E-state index contributed by atoms with van der Waals surface area (Å²) in [6.07, 6.45) is 0.536. The molecule has 0 spiro atoms. The number of nitrogens with one attached hydrogen (secondary N) is 1. The molecule has 0 unspecified atom stereocenters. The molecule has 0 saturated carbocycles. The van der Waals surface area contributed by atoms with Gasteiger partial charge in [-0.15, -0.1) is 0 Å². The van der Waals surface area contributed by atoms with E-state index in [0.717, 1.165) is 16.9 Å². The minimum absolute atomic E-state index is 0.150. The molecule has 27 heavy (non-hydrogen) atoms. The van der Waals surface area contributed by atoms with E-state index in [1.807, 2.05) is 45.9 Å². The lowest BCUT2D eigenvalue weighted by Gasteiger charge is -2.38. The van der Waals surface area contributed by atoms with Gasteiger partial charge in [0.2, 0.25) is 0 Å². The molecule has 0 fully saturated rings. The highest BCUT2D eigenvalue weighted by Crippen LogP contribution is 2.40. The third-order valence-corrected chi connectivity index (χ3v) is 4.70. The molecule has 0 saturated heterocycles. The van der Waals surface area contributed by atoms with E-state index in [2.05, 4.69) is 5.32 Å². The Bertz CT molecular complexity index is 817. The van der Waals surface area contributed by atoms with Gasteiger partial charge in [0.15, 0.2) is 6.10 Å². The number of amides is 1. The first kappa shape index (κ1) is 19.2. The highest BCUT2D eigenvalue weighted by atomic mass is 19.1. The Morgan fingerprint density at radius 3 is 2.67 bits per heavy atom. The number of aryl methyl sites for hydroxylation is 1. The van der Waals surface area contributed by atoms with Crippen molar-refractivity contribution in [2.75, 3.05) is 0 Å². The van der Waals surface area contributed by atoms with Gasteiger partial charge >= 0.3 is 0 Å². The standard InChI is InChI=1S/C22H26FNO3/c1-5-19(26-16-9-7-15(23)8-10-16)21(25)24-18-13-22(3,4)27-20-12-14(2)6-11-17(18)20/h6-12,18-19H,5,13H2,1-4H3,(H,24,25)/t18-,19+/m0/s1. The maximum Gasteiger partial charge on any atom is 0.261 e. The normalized spacial score (nSPS) is 18.8. The summed E-state index contributed by atoms with van der Waals surface area (Å²) in [5.41, 5.74) is 1.71. The van der Waals surface area contributed by atoms with E-state index in [0.29, 0.717) is 18.6 Å². The molecule has 0 aliphatic carbocycles. The number of rotatable bonds is 5. The Morgan fingerprint density at radius 1 is 1.30 bits per heavy atom. The van der Waals surface area contributed by atoms with Gasteiger partial charge in [0.05, 0.1) is 6.04 Å². The van der Waals surface area contributed by atoms with Crippen molar-refractivity contribution in [2.24, 2.45) is 0 Å².